The monoisotopic (exact) mass is 461 g/mol. The predicted molar refractivity (Wildman–Crippen MR) is 119 cm³/mol. The summed E-state index contributed by atoms with van der Waals surface area (Å²) in [7, 11) is 1.38. The van der Waals surface area contributed by atoms with Gasteiger partial charge in [-0.25, -0.2) is 14.2 Å². The van der Waals surface area contributed by atoms with E-state index in [4.69, 9.17) is 4.84 Å². The van der Waals surface area contributed by atoms with Gasteiger partial charge in [-0.2, -0.15) is 0 Å². The highest BCUT2D eigenvalue weighted by Crippen LogP contribution is 2.34. The molecule has 3 heterocycles. The highest BCUT2D eigenvalue weighted by atomic mass is 32.1. The molecule has 0 unspecified atom stereocenters. The van der Waals surface area contributed by atoms with E-state index in [1.54, 1.807) is 19.1 Å². The summed E-state index contributed by atoms with van der Waals surface area (Å²) in [4.78, 5) is 45.8. The number of carbonyl (C=O) groups is 1. The van der Waals surface area contributed by atoms with E-state index in [1.807, 2.05) is 13.8 Å². The van der Waals surface area contributed by atoms with Crippen LogP contribution in [0.2, 0.25) is 0 Å². The maximum Gasteiger partial charge on any atom is 0.332 e. The van der Waals surface area contributed by atoms with Gasteiger partial charge >= 0.3 is 5.69 Å². The van der Waals surface area contributed by atoms with Crippen molar-refractivity contribution in [3.05, 3.63) is 66.9 Å². The molecular weight excluding hydrogens is 437 g/mol. The molecule has 2 aromatic heterocycles. The molecule has 8 nitrogen and oxygen atoms in total. The molecule has 1 saturated heterocycles. The number of aromatic nitrogens is 2. The number of hydroxylamine groups is 2. The Morgan fingerprint density at radius 1 is 1.28 bits per heavy atom. The number of carbonyl (C=O) groups excluding carboxylic acids is 1. The summed E-state index contributed by atoms with van der Waals surface area (Å²) < 4.78 is 15.9. The third-order valence-electron chi connectivity index (χ3n) is 5.44. The van der Waals surface area contributed by atoms with Crippen molar-refractivity contribution >= 4 is 27.5 Å². The number of fused-ring (bicyclic) bond motifs is 1. The lowest BCUT2D eigenvalue weighted by atomic mass is 10.0. The summed E-state index contributed by atoms with van der Waals surface area (Å²) in [6.45, 7) is 5.10. The van der Waals surface area contributed by atoms with Gasteiger partial charge in [-0.3, -0.25) is 23.6 Å². The summed E-state index contributed by atoms with van der Waals surface area (Å²) >= 11 is 1.19. The van der Waals surface area contributed by atoms with Gasteiger partial charge in [-0.05, 0) is 38.5 Å². The van der Waals surface area contributed by atoms with E-state index in [0.717, 1.165) is 15.2 Å². The van der Waals surface area contributed by atoms with Gasteiger partial charge in [0.2, 0.25) is 0 Å². The van der Waals surface area contributed by atoms with Crippen molar-refractivity contribution in [2.24, 2.45) is 7.05 Å². The van der Waals surface area contributed by atoms with Crippen molar-refractivity contribution in [2.75, 3.05) is 13.2 Å². The SMILES string of the molecule is CC(C)n1c(=O)n(C)c(=O)c2c(C(=O)N3C[C@](C)(O)CO3)c(Cc3ccc(F)cc3)sc21. The molecule has 0 spiro atoms. The molecule has 1 aliphatic heterocycles. The number of thiophene rings is 1. The van der Waals surface area contributed by atoms with Crippen LogP contribution in [0.3, 0.4) is 0 Å². The Morgan fingerprint density at radius 2 is 1.94 bits per heavy atom. The molecular formula is C22H24FN3O5S. The third-order valence-corrected chi connectivity index (χ3v) is 6.63. The van der Waals surface area contributed by atoms with Gasteiger partial charge in [-0.15, -0.1) is 11.3 Å². The first-order chi connectivity index (χ1) is 15.0. The molecule has 10 heteroatoms. The Hall–Kier alpha value is -2.82. The van der Waals surface area contributed by atoms with Crippen LogP contribution in [-0.2, 0) is 18.3 Å². The van der Waals surface area contributed by atoms with Crippen LogP contribution in [0.4, 0.5) is 4.39 Å². The number of hydrogen-bond donors (Lipinski definition) is 1. The van der Waals surface area contributed by atoms with E-state index in [1.165, 1.54) is 35.1 Å². The fourth-order valence-corrected chi connectivity index (χ4v) is 5.25. The highest BCUT2D eigenvalue weighted by Gasteiger charge is 2.38. The Balaban J connectivity index is 1.97. The minimum absolute atomic E-state index is 0.0523. The third kappa shape index (κ3) is 3.78. The van der Waals surface area contributed by atoms with Gasteiger partial charge in [0, 0.05) is 24.4 Å². The topological polar surface area (TPSA) is 93.8 Å². The normalized spacial score (nSPS) is 18.8. The molecule has 1 aromatic carbocycles. The lowest BCUT2D eigenvalue weighted by molar-refractivity contribution is -0.0796. The molecule has 32 heavy (non-hydrogen) atoms. The number of nitrogens with zero attached hydrogens (tertiary/aromatic N) is 3. The Bertz CT molecular complexity index is 1320. The number of hydrogen-bond acceptors (Lipinski definition) is 6. The minimum atomic E-state index is -1.20. The average Bonchev–Trinajstić information content (AvgIpc) is 3.27. The van der Waals surface area contributed by atoms with Gasteiger partial charge in [0.05, 0.1) is 17.5 Å². The lowest BCUT2D eigenvalue weighted by Gasteiger charge is -2.17. The molecule has 1 fully saturated rings. The molecule has 4 rings (SSSR count). The second-order valence-electron chi connectivity index (χ2n) is 8.61. The van der Waals surface area contributed by atoms with E-state index in [0.29, 0.717) is 9.71 Å². The van der Waals surface area contributed by atoms with E-state index < -0.39 is 22.8 Å². The maximum atomic E-state index is 13.5. The zero-order valence-electron chi connectivity index (χ0n) is 18.2. The Kier molecular flexibility index (Phi) is 5.56. The molecule has 0 saturated carbocycles. The first-order valence-electron chi connectivity index (χ1n) is 10.2. The van der Waals surface area contributed by atoms with Crippen LogP contribution in [-0.4, -0.2) is 44.0 Å². The molecule has 1 amide bonds. The van der Waals surface area contributed by atoms with Crippen LogP contribution in [0.15, 0.2) is 33.9 Å². The first-order valence-corrected chi connectivity index (χ1v) is 11.0. The fraction of sp³-hybridized carbons (Fsp3) is 0.409. The number of amides is 1. The van der Waals surface area contributed by atoms with E-state index >= 15 is 0 Å². The van der Waals surface area contributed by atoms with E-state index in [-0.39, 0.29) is 42.4 Å². The van der Waals surface area contributed by atoms with Crippen molar-refractivity contribution in [1.82, 2.24) is 14.2 Å². The van der Waals surface area contributed by atoms with Crippen molar-refractivity contribution < 1.29 is 19.1 Å². The molecule has 0 bridgehead atoms. The van der Waals surface area contributed by atoms with Crippen LogP contribution >= 0.6 is 11.3 Å². The summed E-state index contributed by atoms with van der Waals surface area (Å²) in [5, 5.41) is 11.4. The van der Waals surface area contributed by atoms with Crippen LogP contribution < -0.4 is 11.2 Å². The van der Waals surface area contributed by atoms with Crippen molar-refractivity contribution in [2.45, 2.75) is 38.8 Å². The molecule has 170 valence electrons. The van der Waals surface area contributed by atoms with Gasteiger partial charge < -0.3 is 5.11 Å². The number of rotatable bonds is 4. The van der Waals surface area contributed by atoms with Gasteiger partial charge in [0.1, 0.15) is 22.9 Å². The van der Waals surface area contributed by atoms with Gasteiger partial charge in [0.15, 0.2) is 0 Å². The van der Waals surface area contributed by atoms with Crippen LogP contribution in [0, 0.1) is 5.82 Å². The summed E-state index contributed by atoms with van der Waals surface area (Å²) in [6.07, 6.45) is 0.264. The van der Waals surface area contributed by atoms with Crippen LogP contribution in [0.1, 0.15) is 47.6 Å². The summed E-state index contributed by atoms with van der Waals surface area (Å²) in [5.74, 6) is -0.936. The molecule has 3 aromatic rings. The van der Waals surface area contributed by atoms with Gasteiger partial charge in [-0.1, -0.05) is 12.1 Å². The average molecular weight is 462 g/mol. The lowest BCUT2D eigenvalue weighted by Crippen LogP contribution is -2.39. The Morgan fingerprint density at radius 3 is 2.50 bits per heavy atom. The van der Waals surface area contributed by atoms with Crippen LogP contribution in [0.25, 0.3) is 10.2 Å². The Labute approximate surface area is 187 Å². The second-order valence-corrected chi connectivity index (χ2v) is 9.69. The molecule has 1 atom stereocenters. The maximum absolute atomic E-state index is 13.5. The smallest absolute Gasteiger partial charge is 0.332 e. The predicted octanol–water partition coefficient (Wildman–Crippen LogP) is 2.21. The van der Waals surface area contributed by atoms with E-state index in [2.05, 4.69) is 0 Å². The zero-order valence-corrected chi connectivity index (χ0v) is 19.0. The van der Waals surface area contributed by atoms with Crippen molar-refractivity contribution in [3.63, 3.8) is 0 Å². The molecule has 1 aliphatic rings. The largest absolute Gasteiger partial charge is 0.386 e. The first kappa shape index (κ1) is 22.4. The number of halogens is 1. The standard InChI is InChI=1S/C22H24FN3O5S/c1-12(2)26-20-17(18(27)24(4)21(26)29)16(19(28)25-10-22(3,30)11-31-25)15(32-20)9-13-5-7-14(23)8-6-13/h5-8,12,30H,9-11H2,1-4H3/t22-/m0/s1. The van der Waals surface area contributed by atoms with Crippen molar-refractivity contribution in [1.29, 1.82) is 0 Å². The highest BCUT2D eigenvalue weighted by molar-refractivity contribution is 7.19. The quantitative estimate of drug-likeness (QED) is 0.643. The molecule has 1 N–H and O–H groups in total. The molecule has 0 radical (unpaired) electrons. The zero-order chi connectivity index (χ0) is 23.4. The molecule has 0 aliphatic carbocycles. The van der Waals surface area contributed by atoms with Gasteiger partial charge in [0.25, 0.3) is 11.5 Å². The minimum Gasteiger partial charge on any atom is -0.386 e. The van der Waals surface area contributed by atoms with E-state index in [9.17, 15) is 23.9 Å². The second kappa shape index (κ2) is 7.95. The summed E-state index contributed by atoms with van der Waals surface area (Å²) in [5.41, 5.74) is -1.35. The number of aliphatic hydroxyl groups is 1. The summed E-state index contributed by atoms with van der Waals surface area (Å²) in [6, 6.07) is 5.63. The number of β-amino-alcohol motifs (C(OH)–C–C–N with tert-alkyl or cyclic N) is 1. The fourth-order valence-electron chi connectivity index (χ4n) is 3.80. The van der Waals surface area contributed by atoms with Crippen molar-refractivity contribution in [3.8, 4) is 0 Å². The van der Waals surface area contributed by atoms with Crippen LogP contribution in [0.5, 0.6) is 0 Å². The number of benzene rings is 1.